The van der Waals surface area contributed by atoms with Crippen molar-refractivity contribution in [2.24, 2.45) is 0 Å². The molecule has 5 heteroatoms. The first-order valence-corrected chi connectivity index (χ1v) is 10.9. The third kappa shape index (κ3) is 3.26. The molecular weight excluding hydrogens is 388 g/mol. The minimum absolute atomic E-state index is 0.0195. The molecule has 2 aliphatic rings. The molecule has 0 saturated heterocycles. The number of nitrogens with two attached hydrogens (primary N) is 1. The van der Waals surface area contributed by atoms with E-state index in [0.717, 1.165) is 41.5 Å². The van der Waals surface area contributed by atoms with Crippen LogP contribution in [0.3, 0.4) is 0 Å². The summed E-state index contributed by atoms with van der Waals surface area (Å²) >= 11 is 0. The molecule has 1 unspecified atom stereocenters. The predicted molar refractivity (Wildman–Crippen MR) is 121 cm³/mol. The zero-order valence-electron chi connectivity index (χ0n) is 17.6. The lowest BCUT2D eigenvalue weighted by Gasteiger charge is -2.37. The second kappa shape index (κ2) is 7.75. The molecule has 0 fully saturated rings. The Kier molecular flexibility index (Phi) is 4.91. The van der Waals surface area contributed by atoms with Gasteiger partial charge in [0.2, 0.25) is 5.91 Å². The maximum absolute atomic E-state index is 12.3. The summed E-state index contributed by atoms with van der Waals surface area (Å²) in [6, 6.07) is 19.8. The van der Waals surface area contributed by atoms with Crippen LogP contribution in [-0.4, -0.2) is 5.91 Å². The molecule has 2 heterocycles. The summed E-state index contributed by atoms with van der Waals surface area (Å²) in [4.78, 5) is 12.3. The quantitative estimate of drug-likeness (QED) is 0.414. The molecule has 1 spiro atoms. The van der Waals surface area contributed by atoms with Gasteiger partial charge in [0.1, 0.15) is 11.5 Å². The van der Waals surface area contributed by atoms with Gasteiger partial charge >= 0.3 is 0 Å². The minimum atomic E-state index is -0.753. The van der Waals surface area contributed by atoms with Crippen molar-refractivity contribution in [1.29, 1.82) is 0 Å². The van der Waals surface area contributed by atoms with Gasteiger partial charge in [-0.15, -0.1) is 0 Å². The number of rotatable bonds is 5. The Morgan fingerprint density at radius 3 is 2.61 bits per heavy atom. The van der Waals surface area contributed by atoms with Crippen molar-refractivity contribution >= 4 is 17.3 Å². The third-order valence-electron chi connectivity index (χ3n) is 6.10. The van der Waals surface area contributed by atoms with Crippen LogP contribution in [0.15, 0.2) is 60.7 Å². The minimum Gasteiger partial charge on any atom is -0.456 e. The summed E-state index contributed by atoms with van der Waals surface area (Å²) in [5, 5.41) is 3.00. The zero-order chi connectivity index (χ0) is 21.4. The van der Waals surface area contributed by atoms with Gasteiger partial charge in [-0.25, -0.2) is 0 Å². The van der Waals surface area contributed by atoms with Gasteiger partial charge in [0.05, 0.1) is 6.61 Å². The molecule has 0 radical (unpaired) electrons. The first-order chi connectivity index (χ1) is 15.1. The molecule has 158 valence electrons. The van der Waals surface area contributed by atoms with Crippen molar-refractivity contribution in [3.8, 4) is 11.5 Å². The van der Waals surface area contributed by atoms with E-state index in [-0.39, 0.29) is 5.91 Å². The summed E-state index contributed by atoms with van der Waals surface area (Å²) in [5.41, 5.74) is 10.8. The van der Waals surface area contributed by atoms with Gasteiger partial charge in [0, 0.05) is 41.1 Å². The number of hydrogen-bond acceptors (Lipinski definition) is 4. The number of amides is 1. The van der Waals surface area contributed by atoms with Gasteiger partial charge in [-0.2, -0.15) is 0 Å². The monoisotopic (exact) mass is 414 g/mol. The molecule has 0 saturated carbocycles. The first kappa shape index (κ1) is 19.6. The first-order valence-electron chi connectivity index (χ1n) is 10.9. The average Bonchev–Trinajstić information content (AvgIpc) is 3.14. The van der Waals surface area contributed by atoms with Crippen LogP contribution >= 0.6 is 0 Å². The Morgan fingerprint density at radius 2 is 1.77 bits per heavy atom. The second-order valence-corrected chi connectivity index (χ2v) is 8.20. The SMILES string of the molecule is CCCCCC(=O)Nc1ccc2c(c1)Oc1cc(N)ccc1C21OCc2ccccc21. The van der Waals surface area contributed by atoms with E-state index in [9.17, 15) is 4.79 Å². The predicted octanol–water partition coefficient (Wildman–Crippen LogP) is 5.72. The van der Waals surface area contributed by atoms with Gasteiger partial charge in [-0.3, -0.25) is 4.79 Å². The number of unbranched alkanes of at least 4 members (excludes halogenated alkanes) is 2. The molecule has 5 rings (SSSR count). The topological polar surface area (TPSA) is 73.6 Å². The fraction of sp³-hybridized carbons (Fsp3) is 0.269. The van der Waals surface area contributed by atoms with E-state index in [1.165, 1.54) is 0 Å². The molecular formula is C26H26N2O3. The lowest BCUT2D eigenvalue weighted by molar-refractivity contribution is -0.116. The molecule has 0 aliphatic carbocycles. The van der Waals surface area contributed by atoms with Crippen LogP contribution in [0.5, 0.6) is 11.5 Å². The summed E-state index contributed by atoms with van der Waals surface area (Å²) in [6.45, 7) is 2.65. The van der Waals surface area contributed by atoms with Crippen LogP contribution in [0.4, 0.5) is 11.4 Å². The van der Waals surface area contributed by atoms with Crippen LogP contribution in [0.2, 0.25) is 0 Å². The number of carbonyl (C=O) groups is 1. The number of anilines is 2. The molecule has 3 N–H and O–H groups in total. The number of hydrogen-bond donors (Lipinski definition) is 2. The highest BCUT2D eigenvalue weighted by Gasteiger charge is 2.49. The van der Waals surface area contributed by atoms with E-state index >= 15 is 0 Å². The van der Waals surface area contributed by atoms with Crippen LogP contribution in [0.1, 0.15) is 54.9 Å². The van der Waals surface area contributed by atoms with Crippen LogP contribution < -0.4 is 15.8 Å². The molecule has 1 amide bonds. The highest BCUT2D eigenvalue weighted by Crippen LogP contribution is 2.56. The Balaban J connectivity index is 1.57. The van der Waals surface area contributed by atoms with E-state index in [2.05, 4.69) is 24.4 Å². The number of ether oxygens (including phenoxy) is 2. The van der Waals surface area contributed by atoms with Crippen LogP contribution in [-0.2, 0) is 21.7 Å². The molecule has 0 bridgehead atoms. The van der Waals surface area contributed by atoms with Gasteiger partial charge in [0.15, 0.2) is 5.60 Å². The molecule has 1 atom stereocenters. The summed E-state index contributed by atoms with van der Waals surface area (Å²) in [7, 11) is 0. The van der Waals surface area contributed by atoms with Gasteiger partial charge < -0.3 is 20.5 Å². The molecule has 5 nitrogen and oxygen atoms in total. The van der Waals surface area contributed by atoms with E-state index in [1.54, 1.807) is 0 Å². The number of carbonyl (C=O) groups excluding carboxylic acids is 1. The number of benzene rings is 3. The Hall–Kier alpha value is -3.31. The Bertz CT molecular complexity index is 1160. The Morgan fingerprint density at radius 1 is 1.00 bits per heavy atom. The number of nitrogen functional groups attached to an aromatic ring is 1. The third-order valence-corrected chi connectivity index (χ3v) is 6.10. The highest BCUT2D eigenvalue weighted by molar-refractivity contribution is 5.91. The summed E-state index contributed by atoms with van der Waals surface area (Å²) in [5.74, 6) is 1.36. The van der Waals surface area contributed by atoms with Crippen molar-refractivity contribution in [2.45, 2.75) is 44.8 Å². The number of fused-ring (bicyclic) bond motifs is 6. The van der Waals surface area contributed by atoms with Crippen molar-refractivity contribution in [3.63, 3.8) is 0 Å². The van der Waals surface area contributed by atoms with Crippen molar-refractivity contribution in [1.82, 2.24) is 0 Å². The molecule has 3 aromatic carbocycles. The van der Waals surface area contributed by atoms with Crippen molar-refractivity contribution in [3.05, 3.63) is 82.9 Å². The maximum atomic E-state index is 12.3. The van der Waals surface area contributed by atoms with E-state index in [0.29, 0.717) is 35.9 Å². The van der Waals surface area contributed by atoms with Gasteiger partial charge in [0.25, 0.3) is 0 Å². The second-order valence-electron chi connectivity index (χ2n) is 8.20. The van der Waals surface area contributed by atoms with Crippen LogP contribution in [0.25, 0.3) is 0 Å². The maximum Gasteiger partial charge on any atom is 0.224 e. The largest absolute Gasteiger partial charge is 0.456 e. The van der Waals surface area contributed by atoms with E-state index in [4.69, 9.17) is 15.2 Å². The highest BCUT2D eigenvalue weighted by atomic mass is 16.5. The Labute approximate surface area is 182 Å². The molecule has 31 heavy (non-hydrogen) atoms. The smallest absolute Gasteiger partial charge is 0.224 e. The van der Waals surface area contributed by atoms with Gasteiger partial charge in [-0.1, -0.05) is 44.0 Å². The standard InChI is InChI=1S/C26H26N2O3/c1-2-3-4-9-25(29)28-19-11-13-22-24(15-19)31-23-14-18(27)10-12-21(23)26(22)20-8-6-5-7-17(20)16-30-26/h5-8,10-15H,2-4,9,16,27H2,1H3,(H,28,29). The number of nitrogens with one attached hydrogen (secondary N) is 1. The average molecular weight is 415 g/mol. The fourth-order valence-electron chi connectivity index (χ4n) is 4.61. The molecule has 2 aliphatic heterocycles. The lowest BCUT2D eigenvalue weighted by atomic mass is 9.77. The summed E-state index contributed by atoms with van der Waals surface area (Å²) < 4.78 is 12.8. The summed E-state index contributed by atoms with van der Waals surface area (Å²) in [6.07, 6.45) is 3.56. The van der Waals surface area contributed by atoms with Gasteiger partial charge in [-0.05, 0) is 41.8 Å². The normalized spacial score (nSPS) is 18.1. The molecule has 3 aromatic rings. The van der Waals surface area contributed by atoms with Crippen molar-refractivity contribution < 1.29 is 14.3 Å². The molecule has 0 aromatic heterocycles. The zero-order valence-corrected chi connectivity index (χ0v) is 17.6. The fourth-order valence-corrected chi connectivity index (χ4v) is 4.61. The van der Waals surface area contributed by atoms with Crippen LogP contribution in [0, 0.1) is 0 Å². The van der Waals surface area contributed by atoms with E-state index < -0.39 is 5.60 Å². The van der Waals surface area contributed by atoms with E-state index in [1.807, 2.05) is 48.5 Å². The van der Waals surface area contributed by atoms with Crippen molar-refractivity contribution in [2.75, 3.05) is 11.1 Å². The lowest BCUT2D eigenvalue weighted by Crippen LogP contribution is -2.32.